The molecule has 17 heavy (non-hydrogen) atoms. The molecule has 0 radical (unpaired) electrons. The molecule has 1 aromatic carbocycles. The summed E-state index contributed by atoms with van der Waals surface area (Å²) in [5, 5.41) is 14.8. The Morgan fingerprint density at radius 1 is 1.18 bits per heavy atom. The zero-order valence-electron chi connectivity index (χ0n) is 9.48. The molecule has 0 amide bonds. The summed E-state index contributed by atoms with van der Waals surface area (Å²) < 4.78 is 0. The smallest absolute Gasteiger partial charge is 0.305 e. The van der Waals surface area contributed by atoms with Crippen LogP contribution in [0.15, 0.2) is 30.3 Å². The van der Waals surface area contributed by atoms with Gasteiger partial charge in [-0.15, -0.1) is 0 Å². The van der Waals surface area contributed by atoms with Crippen molar-refractivity contribution >= 4 is 23.3 Å². The Balaban J connectivity index is 2.10. The minimum atomic E-state index is -0.829. The van der Waals surface area contributed by atoms with Gasteiger partial charge in [0, 0.05) is 13.1 Å². The predicted octanol–water partition coefficient (Wildman–Crippen LogP) is 1.17. The van der Waals surface area contributed by atoms with Crippen LogP contribution < -0.4 is 10.6 Å². The highest BCUT2D eigenvalue weighted by Gasteiger charge is 1.98. The quantitative estimate of drug-likeness (QED) is 0.663. The monoisotopic (exact) mass is 252 g/mol. The first-order chi connectivity index (χ1) is 8.18. The number of carboxylic acid groups (broad SMARTS) is 1. The summed E-state index contributed by atoms with van der Waals surface area (Å²) in [5.41, 5.74) is 1.24. The minimum absolute atomic E-state index is 0.0699. The third kappa shape index (κ3) is 6.52. The number of nitrogens with one attached hydrogen (secondary N) is 2. The van der Waals surface area contributed by atoms with Crippen LogP contribution in [0.3, 0.4) is 0 Å². The predicted molar refractivity (Wildman–Crippen MR) is 71.0 cm³/mol. The molecule has 0 fully saturated rings. The van der Waals surface area contributed by atoms with Crippen molar-refractivity contribution in [3.05, 3.63) is 35.9 Å². The van der Waals surface area contributed by atoms with E-state index in [2.05, 4.69) is 22.8 Å². The van der Waals surface area contributed by atoms with E-state index in [1.54, 1.807) is 0 Å². The average Bonchev–Trinajstić information content (AvgIpc) is 2.30. The first kappa shape index (κ1) is 13.4. The van der Waals surface area contributed by atoms with E-state index in [0.717, 1.165) is 13.0 Å². The van der Waals surface area contributed by atoms with E-state index in [1.165, 1.54) is 5.56 Å². The van der Waals surface area contributed by atoms with Gasteiger partial charge in [0.15, 0.2) is 5.11 Å². The number of rotatable bonds is 6. The van der Waals surface area contributed by atoms with Gasteiger partial charge in [-0.25, -0.2) is 0 Å². The molecule has 1 rings (SSSR count). The normalized spacial score (nSPS) is 9.65. The summed E-state index contributed by atoms with van der Waals surface area (Å²) in [6, 6.07) is 10.1. The summed E-state index contributed by atoms with van der Waals surface area (Å²) in [6.45, 7) is 1.09. The highest BCUT2D eigenvalue weighted by atomic mass is 32.1. The maximum Gasteiger partial charge on any atom is 0.305 e. The van der Waals surface area contributed by atoms with Crippen LogP contribution in [0, 0.1) is 0 Å². The van der Waals surface area contributed by atoms with Crippen molar-refractivity contribution in [3.8, 4) is 0 Å². The van der Waals surface area contributed by atoms with Crippen LogP contribution in [-0.2, 0) is 11.2 Å². The van der Waals surface area contributed by atoms with Gasteiger partial charge >= 0.3 is 5.97 Å². The molecule has 0 aliphatic heterocycles. The van der Waals surface area contributed by atoms with Crippen LogP contribution >= 0.6 is 12.2 Å². The first-order valence-electron chi connectivity index (χ1n) is 5.46. The van der Waals surface area contributed by atoms with E-state index < -0.39 is 5.97 Å². The first-order valence-corrected chi connectivity index (χ1v) is 5.87. The molecule has 3 N–H and O–H groups in total. The lowest BCUT2D eigenvalue weighted by atomic mass is 10.1. The van der Waals surface area contributed by atoms with Crippen LogP contribution in [0.25, 0.3) is 0 Å². The molecule has 0 spiro atoms. The lowest BCUT2D eigenvalue weighted by molar-refractivity contribution is -0.136. The number of carboxylic acids is 1. The Morgan fingerprint density at radius 3 is 2.47 bits per heavy atom. The van der Waals surface area contributed by atoms with E-state index in [-0.39, 0.29) is 6.42 Å². The third-order valence-corrected chi connectivity index (χ3v) is 2.46. The van der Waals surface area contributed by atoms with E-state index in [0.29, 0.717) is 11.7 Å². The Morgan fingerprint density at radius 2 is 1.82 bits per heavy atom. The molecular formula is C12H16N2O2S. The van der Waals surface area contributed by atoms with Gasteiger partial charge in [0.1, 0.15) is 0 Å². The van der Waals surface area contributed by atoms with Gasteiger partial charge < -0.3 is 15.7 Å². The summed E-state index contributed by atoms with van der Waals surface area (Å²) >= 11 is 5.01. The Kier molecular flexibility index (Phi) is 6.03. The number of hydrogen-bond acceptors (Lipinski definition) is 2. The molecule has 0 aromatic heterocycles. The number of thiocarbonyl (C=S) groups is 1. The maximum atomic E-state index is 10.3. The van der Waals surface area contributed by atoms with Crippen LogP contribution in [0.2, 0.25) is 0 Å². The number of benzene rings is 1. The molecule has 1 aromatic rings. The SMILES string of the molecule is O=C(O)CCNC(=S)NCCc1ccccc1. The van der Waals surface area contributed by atoms with Crippen molar-refractivity contribution < 1.29 is 9.90 Å². The lowest BCUT2D eigenvalue weighted by Crippen LogP contribution is -2.37. The molecule has 0 aliphatic carbocycles. The molecule has 92 valence electrons. The van der Waals surface area contributed by atoms with E-state index in [1.807, 2.05) is 18.2 Å². The van der Waals surface area contributed by atoms with Crippen LogP contribution in [0.5, 0.6) is 0 Å². The number of carbonyl (C=O) groups is 1. The zero-order valence-corrected chi connectivity index (χ0v) is 10.3. The number of hydrogen-bond donors (Lipinski definition) is 3. The second kappa shape index (κ2) is 7.62. The van der Waals surface area contributed by atoms with Gasteiger partial charge in [0.2, 0.25) is 0 Å². The lowest BCUT2D eigenvalue weighted by Gasteiger charge is -2.09. The van der Waals surface area contributed by atoms with Crippen LogP contribution in [-0.4, -0.2) is 29.3 Å². The van der Waals surface area contributed by atoms with Gasteiger partial charge in [-0.1, -0.05) is 30.3 Å². The Hall–Kier alpha value is -1.62. The molecule has 0 unspecified atom stereocenters. The van der Waals surface area contributed by atoms with Crippen molar-refractivity contribution in [2.45, 2.75) is 12.8 Å². The molecule has 5 heteroatoms. The van der Waals surface area contributed by atoms with E-state index in [9.17, 15) is 4.79 Å². The summed E-state index contributed by atoms with van der Waals surface area (Å²) in [7, 11) is 0. The van der Waals surface area contributed by atoms with Crippen molar-refractivity contribution in [1.82, 2.24) is 10.6 Å². The van der Waals surface area contributed by atoms with E-state index >= 15 is 0 Å². The van der Waals surface area contributed by atoms with Gasteiger partial charge in [-0.2, -0.15) is 0 Å². The van der Waals surface area contributed by atoms with Crippen molar-refractivity contribution in [3.63, 3.8) is 0 Å². The fourth-order valence-corrected chi connectivity index (χ4v) is 1.51. The Bertz CT molecular complexity index is 368. The minimum Gasteiger partial charge on any atom is -0.481 e. The molecule has 0 heterocycles. The molecule has 0 saturated carbocycles. The molecule has 0 atom stereocenters. The zero-order chi connectivity index (χ0) is 12.5. The number of aliphatic carboxylic acids is 1. The second-order valence-electron chi connectivity index (χ2n) is 3.56. The second-order valence-corrected chi connectivity index (χ2v) is 3.97. The molecule has 4 nitrogen and oxygen atoms in total. The topological polar surface area (TPSA) is 61.4 Å². The van der Waals surface area contributed by atoms with Gasteiger partial charge in [0.05, 0.1) is 6.42 Å². The highest BCUT2D eigenvalue weighted by Crippen LogP contribution is 1.97. The molecular weight excluding hydrogens is 236 g/mol. The third-order valence-electron chi connectivity index (χ3n) is 2.17. The van der Waals surface area contributed by atoms with Crippen molar-refractivity contribution in [2.24, 2.45) is 0 Å². The largest absolute Gasteiger partial charge is 0.481 e. The average molecular weight is 252 g/mol. The standard InChI is InChI=1S/C12H16N2O2S/c15-11(16)7-9-14-12(17)13-8-6-10-4-2-1-3-5-10/h1-5H,6-9H2,(H,15,16)(H2,13,14,17). The van der Waals surface area contributed by atoms with Crippen molar-refractivity contribution in [1.29, 1.82) is 0 Å². The van der Waals surface area contributed by atoms with Gasteiger partial charge in [0.25, 0.3) is 0 Å². The van der Waals surface area contributed by atoms with Crippen molar-refractivity contribution in [2.75, 3.05) is 13.1 Å². The molecule has 0 aliphatic rings. The van der Waals surface area contributed by atoms with Crippen LogP contribution in [0.1, 0.15) is 12.0 Å². The van der Waals surface area contributed by atoms with E-state index in [4.69, 9.17) is 17.3 Å². The fourth-order valence-electron chi connectivity index (χ4n) is 1.31. The Labute approximate surface area is 106 Å². The molecule has 0 bridgehead atoms. The maximum absolute atomic E-state index is 10.3. The fraction of sp³-hybridized carbons (Fsp3) is 0.333. The summed E-state index contributed by atoms with van der Waals surface area (Å²) in [6.07, 6.45) is 0.960. The highest BCUT2D eigenvalue weighted by molar-refractivity contribution is 7.80. The van der Waals surface area contributed by atoms with Crippen LogP contribution in [0.4, 0.5) is 0 Å². The summed E-state index contributed by atoms with van der Waals surface area (Å²) in [5.74, 6) is -0.829. The summed E-state index contributed by atoms with van der Waals surface area (Å²) in [4.78, 5) is 10.3. The van der Waals surface area contributed by atoms with Gasteiger partial charge in [-0.3, -0.25) is 4.79 Å². The molecule has 0 saturated heterocycles. The van der Waals surface area contributed by atoms with Gasteiger partial charge in [-0.05, 0) is 24.2 Å².